The smallest absolute Gasteiger partial charge is 0.128 e. The zero-order chi connectivity index (χ0) is 13.5. The summed E-state index contributed by atoms with van der Waals surface area (Å²) in [6.07, 6.45) is 1.21. The third kappa shape index (κ3) is 4.65. The monoisotopic (exact) mass is 249 g/mol. The number of aryl methyl sites for hydroxylation is 1. The lowest BCUT2D eigenvalue weighted by Crippen LogP contribution is -2.25. The summed E-state index contributed by atoms with van der Waals surface area (Å²) in [6, 6.07) is 4.35. The van der Waals surface area contributed by atoms with Crippen LogP contribution in [0.4, 0.5) is 5.82 Å². The Morgan fingerprint density at radius 3 is 2.67 bits per heavy atom. The third-order valence-electron chi connectivity index (χ3n) is 3.25. The fraction of sp³-hybridized carbons (Fsp3) is 0.667. The maximum absolute atomic E-state index is 4.63. The van der Waals surface area contributed by atoms with Crippen LogP contribution in [-0.2, 0) is 6.54 Å². The van der Waals surface area contributed by atoms with E-state index in [0.717, 1.165) is 31.1 Å². The first kappa shape index (κ1) is 15.0. The Hall–Kier alpha value is -1.09. The molecule has 102 valence electrons. The Kier molecular flexibility index (Phi) is 6.13. The molecule has 0 saturated carbocycles. The molecule has 0 aliphatic carbocycles. The summed E-state index contributed by atoms with van der Waals surface area (Å²) in [7, 11) is 2.13. The van der Waals surface area contributed by atoms with Crippen LogP contribution in [0.15, 0.2) is 12.1 Å². The van der Waals surface area contributed by atoms with Gasteiger partial charge >= 0.3 is 0 Å². The van der Waals surface area contributed by atoms with E-state index in [9.17, 15) is 0 Å². The Morgan fingerprint density at radius 1 is 1.33 bits per heavy atom. The van der Waals surface area contributed by atoms with Gasteiger partial charge in [0.05, 0.1) is 0 Å². The maximum atomic E-state index is 4.63. The van der Waals surface area contributed by atoms with Gasteiger partial charge in [-0.1, -0.05) is 27.2 Å². The van der Waals surface area contributed by atoms with E-state index in [0.29, 0.717) is 5.92 Å². The predicted molar refractivity (Wildman–Crippen MR) is 79.1 cm³/mol. The van der Waals surface area contributed by atoms with E-state index in [1.165, 1.54) is 12.0 Å². The fourth-order valence-electron chi connectivity index (χ4n) is 1.98. The van der Waals surface area contributed by atoms with Crippen molar-refractivity contribution in [3.05, 3.63) is 23.4 Å². The average molecular weight is 249 g/mol. The summed E-state index contributed by atoms with van der Waals surface area (Å²) < 4.78 is 0. The molecule has 0 bridgehead atoms. The van der Waals surface area contributed by atoms with E-state index < -0.39 is 0 Å². The highest BCUT2D eigenvalue weighted by Gasteiger charge is 2.08. The van der Waals surface area contributed by atoms with Crippen molar-refractivity contribution in [3.8, 4) is 0 Å². The van der Waals surface area contributed by atoms with Crippen LogP contribution in [-0.4, -0.2) is 25.1 Å². The van der Waals surface area contributed by atoms with Gasteiger partial charge in [-0.25, -0.2) is 4.98 Å². The highest BCUT2D eigenvalue weighted by atomic mass is 15.2. The molecule has 0 spiro atoms. The molecule has 0 saturated heterocycles. The van der Waals surface area contributed by atoms with Crippen molar-refractivity contribution in [2.24, 2.45) is 5.92 Å². The van der Waals surface area contributed by atoms with Crippen LogP contribution in [0.1, 0.15) is 38.4 Å². The first-order valence-corrected chi connectivity index (χ1v) is 6.96. The number of rotatable bonds is 7. The van der Waals surface area contributed by atoms with Crippen LogP contribution >= 0.6 is 0 Å². The van der Waals surface area contributed by atoms with Crippen LogP contribution in [0, 0.1) is 12.8 Å². The number of aromatic nitrogens is 1. The SMILES string of the molecule is CCNCc1cc(C)nc(N(C)CC(C)CC)c1. The molecule has 1 aromatic rings. The first-order chi connectivity index (χ1) is 8.56. The number of hydrogen-bond donors (Lipinski definition) is 1. The minimum Gasteiger partial charge on any atom is -0.359 e. The van der Waals surface area contributed by atoms with Crippen LogP contribution in [0.2, 0.25) is 0 Å². The molecule has 1 heterocycles. The van der Waals surface area contributed by atoms with Gasteiger partial charge in [-0.05, 0) is 37.1 Å². The van der Waals surface area contributed by atoms with E-state index in [4.69, 9.17) is 0 Å². The number of nitrogens with one attached hydrogen (secondary N) is 1. The molecule has 1 atom stereocenters. The van der Waals surface area contributed by atoms with Crippen molar-refractivity contribution in [1.82, 2.24) is 10.3 Å². The van der Waals surface area contributed by atoms with Crippen molar-refractivity contribution in [3.63, 3.8) is 0 Å². The quantitative estimate of drug-likeness (QED) is 0.805. The molecule has 0 radical (unpaired) electrons. The number of anilines is 1. The normalized spacial score (nSPS) is 12.5. The van der Waals surface area contributed by atoms with Crippen molar-refractivity contribution >= 4 is 5.82 Å². The van der Waals surface area contributed by atoms with E-state index >= 15 is 0 Å². The summed E-state index contributed by atoms with van der Waals surface area (Å²) in [5.41, 5.74) is 2.41. The Labute approximate surface area is 112 Å². The van der Waals surface area contributed by atoms with Gasteiger partial charge in [0.25, 0.3) is 0 Å². The summed E-state index contributed by atoms with van der Waals surface area (Å²) >= 11 is 0. The van der Waals surface area contributed by atoms with Crippen molar-refractivity contribution < 1.29 is 0 Å². The van der Waals surface area contributed by atoms with E-state index in [1.54, 1.807) is 0 Å². The lowest BCUT2D eigenvalue weighted by atomic mass is 10.1. The lowest BCUT2D eigenvalue weighted by molar-refractivity contribution is 0.557. The van der Waals surface area contributed by atoms with Crippen molar-refractivity contribution in [2.75, 3.05) is 25.0 Å². The summed E-state index contributed by atoms with van der Waals surface area (Å²) in [4.78, 5) is 6.89. The summed E-state index contributed by atoms with van der Waals surface area (Å²) in [5.74, 6) is 1.79. The van der Waals surface area contributed by atoms with Crippen LogP contribution in [0.3, 0.4) is 0 Å². The standard InChI is InChI=1S/C15H27N3/c1-6-12(3)11-18(5)15-9-14(10-16-7-2)8-13(4)17-15/h8-9,12,16H,6-7,10-11H2,1-5H3. The van der Waals surface area contributed by atoms with Crippen LogP contribution in [0.5, 0.6) is 0 Å². The number of nitrogens with zero attached hydrogens (tertiary/aromatic N) is 2. The maximum Gasteiger partial charge on any atom is 0.128 e. The molecule has 0 amide bonds. The molecule has 0 aromatic carbocycles. The molecule has 3 heteroatoms. The largest absolute Gasteiger partial charge is 0.359 e. The molecule has 1 unspecified atom stereocenters. The molecule has 1 N–H and O–H groups in total. The first-order valence-electron chi connectivity index (χ1n) is 6.96. The van der Waals surface area contributed by atoms with Crippen molar-refractivity contribution in [2.45, 2.75) is 40.7 Å². The molecular weight excluding hydrogens is 222 g/mol. The zero-order valence-corrected chi connectivity index (χ0v) is 12.5. The number of hydrogen-bond acceptors (Lipinski definition) is 3. The second kappa shape index (κ2) is 7.37. The van der Waals surface area contributed by atoms with E-state index in [-0.39, 0.29) is 0 Å². The molecule has 1 rings (SSSR count). The predicted octanol–water partition coefficient (Wildman–Crippen LogP) is 2.98. The molecule has 0 fully saturated rings. The van der Waals surface area contributed by atoms with Gasteiger partial charge in [0.15, 0.2) is 0 Å². The van der Waals surface area contributed by atoms with Crippen LogP contribution in [0.25, 0.3) is 0 Å². The Balaban J connectivity index is 2.77. The highest BCUT2D eigenvalue weighted by Crippen LogP contribution is 2.16. The number of pyridine rings is 1. The van der Waals surface area contributed by atoms with Gasteiger partial charge in [-0.3, -0.25) is 0 Å². The second-order valence-electron chi connectivity index (χ2n) is 5.15. The van der Waals surface area contributed by atoms with Gasteiger partial charge in [-0.15, -0.1) is 0 Å². The molecule has 0 aliphatic rings. The molecule has 1 aromatic heterocycles. The molecule has 0 aliphatic heterocycles. The molecular formula is C15H27N3. The Morgan fingerprint density at radius 2 is 2.06 bits per heavy atom. The third-order valence-corrected chi connectivity index (χ3v) is 3.25. The minimum absolute atomic E-state index is 0.703. The summed E-state index contributed by atoms with van der Waals surface area (Å²) in [6.45, 7) is 11.7. The van der Waals surface area contributed by atoms with Gasteiger partial charge < -0.3 is 10.2 Å². The highest BCUT2D eigenvalue weighted by molar-refractivity contribution is 5.41. The van der Waals surface area contributed by atoms with E-state index in [2.05, 4.69) is 62.1 Å². The van der Waals surface area contributed by atoms with Gasteiger partial charge in [0.1, 0.15) is 5.82 Å². The minimum atomic E-state index is 0.703. The van der Waals surface area contributed by atoms with Crippen LogP contribution < -0.4 is 10.2 Å². The zero-order valence-electron chi connectivity index (χ0n) is 12.5. The topological polar surface area (TPSA) is 28.2 Å². The average Bonchev–Trinajstić information content (AvgIpc) is 2.35. The second-order valence-corrected chi connectivity index (χ2v) is 5.15. The molecule has 18 heavy (non-hydrogen) atoms. The van der Waals surface area contributed by atoms with E-state index in [1.807, 2.05) is 0 Å². The molecule has 3 nitrogen and oxygen atoms in total. The van der Waals surface area contributed by atoms with Crippen molar-refractivity contribution in [1.29, 1.82) is 0 Å². The summed E-state index contributed by atoms with van der Waals surface area (Å²) in [5, 5.41) is 3.36. The Bertz CT molecular complexity index is 363. The fourth-order valence-corrected chi connectivity index (χ4v) is 1.98. The lowest BCUT2D eigenvalue weighted by Gasteiger charge is -2.22. The van der Waals surface area contributed by atoms with Gasteiger partial charge in [0.2, 0.25) is 0 Å². The van der Waals surface area contributed by atoms with Gasteiger partial charge in [-0.2, -0.15) is 0 Å². The van der Waals surface area contributed by atoms with Gasteiger partial charge in [0, 0.05) is 25.8 Å².